The third kappa shape index (κ3) is 4.37. The van der Waals surface area contributed by atoms with E-state index in [0.717, 1.165) is 21.5 Å². The van der Waals surface area contributed by atoms with Crippen LogP contribution in [0.5, 0.6) is 0 Å². The van der Waals surface area contributed by atoms with Crippen LogP contribution in [0.15, 0.2) is 138 Å². The summed E-state index contributed by atoms with van der Waals surface area (Å²) in [5.74, 6) is 0. The third-order valence-electron chi connectivity index (χ3n) is 5.49. The molecule has 2 heteroatoms. The lowest BCUT2D eigenvalue weighted by Crippen LogP contribution is -2.10. The van der Waals surface area contributed by atoms with Crippen molar-refractivity contribution in [1.82, 2.24) is 0 Å². The number of hydrogen-bond acceptors (Lipinski definition) is 1. The third-order valence-corrected chi connectivity index (χ3v) is 5.98. The number of para-hydroxylation sites is 1. The van der Waals surface area contributed by atoms with Crippen molar-refractivity contribution in [2.45, 2.75) is 0 Å². The molecule has 0 spiro atoms. The van der Waals surface area contributed by atoms with Gasteiger partial charge in [0.25, 0.3) is 0 Å². The molecular weight excluding hydrogens is 454 g/mol. The Bertz CT molecular complexity index is 1330. The number of hydrogen-bond donors (Lipinski definition) is 0. The van der Waals surface area contributed by atoms with Gasteiger partial charge in [0.1, 0.15) is 0 Å². The summed E-state index contributed by atoms with van der Waals surface area (Å²) in [7, 11) is 0. The lowest BCUT2D eigenvalue weighted by molar-refractivity contribution is 1.28. The van der Waals surface area contributed by atoms with Crippen molar-refractivity contribution in [2.75, 3.05) is 4.90 Å². The fourth-order valence-corrected chi connectivity index (χ4v) is 4.37. The summed E-state index contributed by atoms with van der Waals surface area (Å²) in [5, 5.41) is 0. The molecule has 0 unspecified atom stereocenters. The summed E-state index contributed by atoms with van der Waals surface area (Å²) >= 11 is 3.60. The number of nitrogens with zero attached hydrogens (tertiary/aromatic N) is 1. The molecule has 0 bridgehead atoms. The van der Waals surface area contributed by atoms with Gasteiger partial charge in [-0.2, -0.15) is 0 Å². The van der Waals surface area contributed by atoms with E-state index in [4.69, 9.17) is 0 Å². The lowest BCUT2D eigenvalue weighted by Gasteiger charge is -2.26. The van der Waals surface area contributed by atoms with E-state index in [0.29, 0.717) is 0 Å². The zero-order valence-corrected chi connectivity index (χ0v) is 19.1. The van der Waals surface area contributed by atoms with Crippen LogP contribution in [0, 0.1) is 0 Å². The zero-order chi connectivity index (χ0) is 21.8. The summed E-state index contributed by atoms with van der Waals surface area (Å²) < 4.78 is 1.08. The Morgan fingerprint density at radius 2 is 0.812 bits per heavy atom. The number of rotatable bonds is 5. The lowest BCUT2D eigenvalue weighted by atomic mass is 10.0. The van der Waals surface area contributed by atoms with Crippen LogP contribution in [-0.2, 0) is 0 Å². The van der Waals surface area contributed by atoms with Crippen LogP contribution < -0.4 is 4.90 Å². The Morgan fingerprint density at radius 3 is 1.41 bits per heavy atom. The summed E-state index contributed by atoms with van der Waals surface area (Å²) in [6.45, 7) is 0. The van der Waals surface area contributed by atoms with E-state index in [9.17, 15) is 0 Å². The first kappa shape index (κ1) is 20.3. The van der Waals surface area contributed by atoms with Gasteiger partial charge in [-0.05, 0) is 70.8 Å². The van der Waals surface area contributed by atoms with Crippen molar-refractivity contribution in [3.05, 3.63) is 138 Å². The van der Waals surface area contributed by atoms with Gasteiger partial charge in [-0.15, -0.1) is 0 Å². The maximum Gasteiger partial charge on any atom is 0.0467 e. The summed E-state index contributed by atoms with van der Waals surface area (Å²) in [5.41, 5.74) is 8.17. The van der Waals surface area contributed by atoms with Crippen molar-refractivity contribution in [2.24, 2.45) is 0 Å². The summed E-state index contributed by atoms with van der Waals surface area (Å²) in [6.07, 6.45) is 0. The predicted molar refractivity (Wildman–Crippen MR) is 140 cm³/mol. The van der Waals surface area contributed by atoms with E-state index in [1.54, 1.807) is 0 Å². The van der Waals surface area contributed by atoms with Gasteiger partial charge in [0, 0.05) is 21.5 Å². The van der Waals surface area contributed by atoms with Crippen molar-refractivity contribution < 1.29 is 0 Å². The molecule has 0 aliphatic carbocycles. The maximum absolute atomic E-state index is 3.60. The number of anilines is 3. The standard InChI is InChI=1S/C30H22BrN/c31-27-15-7-12-24(20-27)26-14-9-19-30(22-26)32(28-16-5-2-6-17-28)29-18-8-13-25(21-29)23-10-3-1-4-11-23/h1-22H. The van der Waals surface area contributed by atoms with Crippen LogP contribution in [-0.4, -0.2) is 0 Å². The van der Waals surface area contributed by atoms with Crippen LogP contribution in [0.4, 0.5) is 17.1 Å². The SMILES string of the molecule is Brc1cccc(-c2cccc(N(c3ccccc3)c3cccc(-c4ccccc4)c3)c2)c1. The molecule has 0 saturated heterocycles. The highest BCUT2D eigenvalue weighted by Gasteiger charge is 2.14. The van der Waals surface area contributed by atoms with E-state index >= 15 is 0 Å². The summed E-state index contributed by atoms with van der Waals surface area (Å²) in [4.78, 5) is 2.31. The molecule has 0 saturated carbocycles. The predicted octanol–water partition coefficient (Wildman–Crippen LogP) is 9.25. The molecule has 5 aromatic rings. The smallest absolute Gasteiger partial charge is 0.0467 e. The topological polar surface area (TPSA) is 3.24 Å². The Balaban J connectivity index is 1.63. The van der Waals surface area contributed by atoms with Crippen LogP contribution in [0.1, 0.15) is 0 Å². The molecule has 0 radical (unpaired) electrons. The molecule has 0 heterocycles. The second-order valence-corrected chi connectivity index (χ2v) is 8.56. The van der Waals surface area contributed by atoms with E-state index in [1.807, 2.05) is 0 Å². The Kier molecular flexibility index (Phi) is 5.87. The average Bonchev–Trinajstić information content (AvgIpc) is 2.86. The molecule has 0 aliphatic heterocycles. The van der Waals surface area contributed by atoms with Crippen molar-refractivity contribution in [3.8, 4) is 22.3 Å². The van der Waals surface area contributed by atoms with E-state index in [-0.39, 0.29) is 0 Å². The molecule has 32 heavy (non-hydrogen) atoms. The Labute approximate surface area is 197 Å². The molecule has 1 nitrogen and oxygen atoms in total. The maximum atomic E-state index is 3.60. The van der Waals surface area contributed by atoms with E-state index < -0.39 is 0 Å². The van der Waals surface area contributed by atoms with Gasteiger partial charge < -0.3 is 4.90 Å². The van der Waals surface area contributed by atoms with Gasteiger partial charge in [-0.1, -0.05) is 101 Å². The molecule has 0 aliphatic rings. The second-order valence-electron chi connectivity index (χ2n) is 7.65. The highest BCUT2D eigenvalue weighted by Crippen LogP contribution is 2.38. The van der Waals surface area contributed by atoms with Crippen LogP contribution in [0.25, 0.3) is 22.3 Å². The minimum Gasteiger partial charge on any atom is -0.310 e. The van der Waals surface area contributed by atoms with Gasteiger partial charge in [0.05, 0.1) is 0 Å². The molecular formula is C30H22BrN. The first-order valence-corrected chi connectivity index (χ1v) is 11.4. The average molecular weight is 476 g/mol. The van der Waals surface area contributed by atoms with Gasteiger partial charge in [0.2, 0.25) is 0 Å². The van der Waals surface area contributed by atoms with Crippen LogP contribution in [0.2, 0.25) is 0 Å². The second kappa shape index (κ2) is 9.25. The molecule has 5 aromatic carbocycles. The fourth-order valence-electron chi connectivity index (χ4n) is 3.97. The van der Waals surface area contributed by atoms with Crippen molar-refractivity contribution >= 4 is 33.0 Å². The van der Waals surface area contributed by atoms with Gasteiger partial charge >= 0.3 is 0 Å². The van der Waals surface area contributed by atoms with E-state index in [2.05, 4.69) is 154 Å². The Morgan fingerprint density at radius 1 is 0.375 bits per heavy atom. The van der Waals surface area contributed by atoms with Crippen LogP contribution in [0.3, 0.4) is 0 Å². The van der Waals surface area contributed by atoms with Crippen molar-refractivity contribution in [3.63, 3.8) is 0 Å². The molecule has 0 fully saturated rings. The quantitative estimate of drug-likeness (QED) is 0.244. The molecule has 154 valence electrons. The monoisotopic (exact) mass is 475 g/mol. The molecule has 0 atom stereocenters. The fraction of sp³-hybridized carbons (Fsp3) is 0. The summed E-state index contributed by atoms with van der Waals surface area (Å²) in [6, 6.07) is 46.9. The minimum atomic E-state index is 1.08. The molecule has 0 amide bonds. The highest BCUT2D eigenvalue weighted by atomic mass is 79.9. The molecule has 5 rings (SSSR count). The van der Waals surface area contributed by atoms with E-state index in [1.165, 1.54) is 22.3 Å². The van der Waals surface area contributed by atoms with Gasteiger partial charge in [-0.25, -0.2) is 0 Å². The molecule has 0 aromatic heterocycles. The normalized spacial score (nSPS) is 10.7. The number of halogens is 1. The minimum absolute atomic E-state index is 1.08. The van der Waals surface area contributed by atoms with Crippen LogP contribution >= 0.6 is 15.9 Å². The molecule has 0 N–H and O–H groups in total. The highest BCUT2D eigenvalue weighted by molar-refractivity contribution is 9.10. The van der Waals surface area contributed by atoms with Gasteiger partial charge in [-0.3, -0.25) is 0 Å². The Hall–Kier alpha value is -3.62. The van der Waals surface area contributed by atoms with Crippen molar-refractivity contribution in [1.29, 1.82) is 0 Å². The zero-order valence-electron chi connectivity index (χ0n) is 17.5. The van der Waals surface area contributed by atoms with Gasteiger partial charge in [0.15, 0.2) is 0 Å². The first-order valence-electron chi connectivity index (χ1n) is 10.6. The first-order chi connectivity index (χ1) is 15.8. The number of benzene rings is 5. The largest absolute Gasteiger partial charge is 0.310 e.